The van der Waals surface area contributed by atoms with Crippen molar-refractivity contribution in [2.75, 3.05) is 47.9 Å². The molecular weight excluding hydrogens is 443 g/mol. The van der Waals surface area contributed by atoms with Gasteiger partial charge in [-0.15, -0.1) is 24.0 Å². The fraction of sp³-hybridized carbons (Fsp3) is 0.632. The molecule has 1 aliphatic carbocycles. The van der Waals surface area contributed by atoms with E-state index in [1.165, 1.54) is 12.8 Å². The molecule has 0 aliphatic heterocycles. The summed E-state index contributed by atoms with van der Waals surface area (Å²) in [5.41, 5.74) is 1.16. The molecule has 0 saturated heterocycles. The highest BCUT2D eigenvalue weighted by Gasteiger charge is 2.21. The number of methoxy groups -OCH3 is 2. The molecular formula is C19H33IN4O2. The standard InChI is InChI=1S/C19H32N4O2.HI/c1-6-20-19(21-12-14-7-8-14)22-13-16(23(2)3)15-9-10-17(24-4)18(11-15)25-5;/h9-11,14,16H,6-8,12-13H2,1-5H3,(H2,20,21,22);1H. The first-order valence-electron chi connectivity index (χ1n) is 8.99. The van der Waals surface area contributed by atoms with Gasteiger partial charge in [-0.3, -0.25) is 4.99 Å². The van der Waals surface area contributed by atoms with Crippen molar-refractivity contribution in [3.8, 4) is 11.5 Å². The van der Waals surface area contributed by atoms with E-state index < -0.39 is 0 Å². The highest BCUT2D eigenvalue weighted by molar-refractivity contribution is 14.0. The Hall–Kier alpha value is -1.22. The average Bonchev–Trinajstić information content (AvgIpc) is 3.43. The number of guanidine groups is 1. The first-order valence-corrected chi connectivity index (χ1v) is 8.99. The van der Waals surface area contributed by atoms with Crippen LogP contribution in [0, 0.1) is 5.92 Å². The lowest BCUT2D eigenvalue weighted by molar-refractivity contribution is 0.303. The van der Waals surface area contributed by atoms with Gasteiger partial charge in [0.2, 0.25) is 0 Å². The zero-order chi connectivity index (χ0) is 18.2. The summed E-state index contributed by atoms with van der Waals surface area (Å²) in [6.45, 7) is 4.63. The molecule has 6 nitrogen and oxygen atoms in total. The Labute approximate surface area is 174 Å². The van der Waals surface area contributed by atoms with Crippen LogP contribution in [0.2, 0.25) is 0 Å². The molecule has 2 N–H and O–H groups in total. The molecule has 1 atom stereocenters. The number of nitrogens with zero attached hydrogens (tertiary/aromatic N) is 2. The van der Waals surface area contributed by atoms with Crippen LogP contribution in [0.1, 0.15) is 31.4 Å². The number of likely N-dealkylation sites (N-methyl/N-ethyl adjacent to an activating group) is 1. The van der Waals surface area contributed by atoms with Gasteiger partial charge in [0.1, 0.15) is 0 Å². The second-order valence-electron chi connectivity index (χ2n) is 6.64. The van der Waals surface area contributed by atoms with Crippen molar-refractivity contribution in [3.63, 3.8) is 0 Å². The average molecular weight is 476 g/mol. The zero-order valence-electron chi connectivity index (χ0n) is 16.5. The largest absolute Gasteiger partial charge is 0.493 e. The Morgan fingerprint density at radius 2 is 1.88 bits per heavy atom. The van der Waals surface area contributed by atoms with Crippen LogP contribution in [-0.2, 0) is 0 Å². The molecule has 1 aromatic rings. The van der Waals surface area contributed by atoms with E-state index in [1.807, 2.05) is 12.1 Å². The maximum atomic E-state index is 5.44. The molecule has 0 bridgehead atoms. The summed E-state index contributed by atoms with van der Waals surface area (Å²) < 4.78 is 10.8. The van der Waals surface area contributed by atoms with E-state index in [9.17, 15) is 0 Å². The van der Waals surface area contributed by atoms with Crippen LogP contribution < -0.4 is 20.1 Å². The number of hydrogen-bond acceptors (Lipinski definition) is 4. The predicted molar refractivity (Wildman–Crippen MR) is 118 cm³/mol. The van der Waals surface area contributed by atoms with Crippen molar-refractivity contribution in [3.05, 3.63) is 23.8 Å². The molecule has 0 radical (unpaired) electrons. The normalized spacial score (nSPS) is 15.2. The van der Waals surface area contributed by atoms with Crippen LogP contribution in [0.5, 0.6) is 11.5 Å². The zero-order valence-corrected chi connectivity index (χ0v) is 18.9. The minimum atomic E-state index is 0. The number of ether oxygens (including phenoxy) is 2. The summed E-state index contributed by atoms with van der Waals surface area (Å²) in [6.07, 6.45) is 2.66. The lowest BCUT2D eigenvalue weighted by Gasteiger charge is -2.24. The number of aliphatic imine (C=N–C) groups is 1. The Bertz CT molecular complexity index is 577. The lowest BCUT2D eigenvalue weighted by atomic mass is 10.1. The van der Waals surface area contributed by atoms with Crippen LogP contribution in [-0.4, -0.2) is 58.8 Å². The van der Waals surface area contributed by atoms with E-state index in [1.54, 1.807) is 14.2 Å². The minimum absolute atomic E-state index is 0. The van der Waals surface area contributed by atoms with E-state index in [0.29, 0.717) is 6.54 Å². The monoisotopic (exact) mass is 476 g/mol. The maximum Gasteiger partial charge on any atom is 0.191 e. The topological polar surface area (TPSA) is 58.1 Å². The van der Waals surface area contributed by atoms with Gasteiger partial charge in [0, 0.05) is 13.1 Å². The van der Waals surface area contributed by atoms with E-state index in [4.69, 9.17) is 14.5 Å². The van der Waals surface area contributed by atoms with Gasteiger partial charge in [-0.2, -0.15) is 0 Å². The fourth-order valence-corrected chi connectivity index (χ4v) is 2.71. The van der Waals surface area contributed by atoms with E-state index >= 15 is 0 Å². The number of benzene rings is 1. The molecule has 0 amide bonds. The number of rotatable bonds is 9. The van der Waals surface area contributed by atoms with Crippen molar-refractivity contribution in [1.29, 1.82) is 0 Å². The Morgan fingerprint density at radius 3 is 2.42 bits per heavy atom. The van der Waals surface area contributed by atoms with Crippen LogP contribution in [0.3, 0.4) is 0 Å². The quantitative estimate of drug-likeness (QED) is 0.326. The van der Waals surface area contributed by atoms with Gasteiger partial charge >= 0.3 is 0 Å². The van der Waals surface area contributed by atoms with Gasteiger partial charge in [-0.25, -0.2) is 0 Å². The second-order valence-corrected chi connectivity index (χ2v) is 6.64. The fourth-order valence-electron chi connectivity index (χ4n) is 2.71. The molecule has 1 aromatic carbocycles. The molecule has 148 valence electrons. The van der Waals surface area contributed by atoms with Crippen LogP contribution in [0.4, 0.5) is 0 Å². The molecule has 7 heteroatoms. The van der Waals surface area contributed by atoms with Gasteiger partial charge in [0.05, 0.1) is 26.8 Å². The van der Waals surface area contributed by atoms with Gasteiger partial charge in [-0.1, -0.05) is 6.07 Å². The number of nitrogens with one attached hydrogen (secondary N) is 2. The van der Waals surface area contributed by atoms with Crippen molar-refractivity contribution in [1.82, 2.24) is 15.5 Å². The number of hydrogen-bond donors (Lipinski definition) is 2. The molecule has 1 saturated carbocycles. The molecule has 1 aliphatic rings. The van der Waals surface area contributed by atoms with Gasteiger partial charge < -0.3 is 25.0 Å². The van der Waals surface area contributed by atoms with E-state index in [-0.39, 0.29) is 30.0 Å². The summed E-state index contributed by atoms with van der Waals surface area (Å²) in [7, 11) is 7.46. The van der Waals surface area contributed by atoms with Gasteiger partial charge in [0.15, 0.2) is 17.5 Å². The van der Waals surface area contributed by atoms with Crippen molar-refractivity contribution < 1.29 is 9.47 Å². The van der Waals surface area contributed by atoms with Crippen LogP contribution >= 0.6 is 24.0 Å². The first-order chi connectivity index (χ1) is 12.1. The third-order valence-electron chi connectivity index (χ3n) is 4.44. The highest BCUT2D eigenvalue weighted by Crippen LogP contribution is 2.31. The maximum absolute atomic E-state index is 5.44. The lowest BCUT2D eigenvalue weighted by Crippen LogP contribution is -2.39. The molecule has 1 fully saturated rings. The molecule has 1 unspecified atom stereocenters. The Balaban J connectivity index is 0.00000338. The third kappa shape index (κ3) is 6.83. The highest BCUT2D eigenvalue weighted by atomic mass is 127. The summed E-state index contributed by atoms with van der Waals surface area (Å²) in [5, 5.41) is 6.77. The van der Waals surface area contributed by atoms with Crippen molar-refractivity contribution in [2.24, 2.45) is 10.9 Å². The molecule has 0 spiro atoms. The van der Waals surface area contributed by atoms with E-state index in [2.05, 4.69) is 42.6 Å². The molecule has 0 aromatic heterocycles. The van der Waals surface area contributed by atoms with Gasteiger partial charge in [-0.05, 0) is 57.5 Å². The summed E-state index contributed by atoms with van der Waals surface area (Å²) in [6, 6.07) is 6.22. The minimum Gasteiger partial charge on any atom is -0.493 e. The summed E-state index contributed by atoms with van der Waals surface area (Å²) in [5.74, 6) is 3.20. The Kier molecular flexibility index (Phi) is 10.1. The van der Waals surface area contributed by atoms with Crippen molar-refractivity contribution >= 4 is 29.9 Å². The first kappa shape index (κ1) is 22.8. The molecule has 26 heavy (non-hydrogen) atoms. The van der Waals surface area contributed by atoms with Crippen LogP contribution in [0.15, 0.2) is 23.2 Å². The SMILES string of the molecule is CCNC(=NCC(c1ccc(OC)c(OC)c1)N(C)C)NCC1CC1.I. The van der Waals surface area contributed by atoms with E-state index in [0.717, 1.165) is 42.0 Å². The van der Waals surface area contributed by atoms with Gasteiger partial charge in [0.25, 0.3) is 0 Å². The second kappa shape index (κ2) is 11.5. The third-order valence-corrected chi connectivity index (χ3v) is 4.44. The Morgan fingerprint density at radius 1 is 1.19 bits per heavy atom. The summed E-state index contributed by atoms with van der Waals surface area (Å²) >= 11 is 0. The predicted octanol–water partition coefficient (Wildman–Crippen LogP) is 2.89. The van der Waals surface area contributed by atoms with Crippen LogP contribution in [0.25, 0.3) is 0 Å². The van der Waals surface area contributed by atoms with Crippen molar-refractivity contribution in [2.45, 2.75) is 25.8 Å². The number of halogens is 1. The molecule has 0 heterocycles. The smallest absolute Gasteiger partial charge is 0.191 e. The molecule has 2 rings (SSSR count). The summed E-state index contributed by atoms with van der Waals surface area (Å²) in [4.78, 5) is 6.97.